The minimum Gasteiger partial charge on any atom is -0.487 e. The highest BCUT2D eigenvalue weighted by molar-refractivity contribution is 6.49. The lowest BCUT2D eigenvalue weighted by Gasteiger charge is -2.28. The second-order valence-corrected chi connectivity index (χ2v) is 9.74. The van der Waals surface area contributed by atoms with Gasteiger partial charge in [0, 0.05) is 22.0 Å². The fourth-order valence-corrected chi connectivity index (χ4v) is 4.93. The number of hydrogen-bond donors (Lipinski definition) is 1. The van der Waals surface area contributed by atoms with Gasteiger partial charge in [-0.15, -0.1) is 0 Å². The standard InChI is InChI=1S/C30H22Cl2N2O4/c31-21-11-9-19(10-12-21)27-26(28(35)20-7-4-8-22(33)15-20)29(36)30(37)34(27)23-13-14-25(24(32)16-23)38-17-18-5-2-1-3-6-18/h1-16,26-27H,17,33H2. The van der Waals surface area contributed by atoms with Gasteiger partial charge in [-0.1, -0.05) is 77.8 Å². The minimum absolute atomic E-state index is 0.250. The Morgan fingerprint density at radius 3 is 2.29 bits per heavy atom. The van der Waals surface area contributed by atoms with Gasteiger partial charge in [0.25, 0.3) is 5.91 Å². The normalized spacial score (nSPS) is 17.1. The van der Waals surface area contributed by atoms with Crippen LogP contribution < -0.4 is 15.4 Å². The number of Topliss-reactive ketones (excluding diaryl/α,β-unsaturated/α-hetero) is 2. The zero-order valence-corrected chi connectivity index (χ0v) is 21.5. The van der Waals surface area contributed by atoms with Crippen LogP contribution in [0.3, 0.4) is 0 Å². The molecule has 1 amide bonds. The third-order valence-corrected chi connectivity index (χ3v) is 6.95. The summed E-state index contributed by atoms with van der Waals surface area (Å²) >= 11 is 12.6. The van der Waals surface area contributed by atoms with E-state index < -0.39 is 29.4 Å². The van der Waals surface area contributed by atoms with Crippen LogP contribution in [0.4, 0.5) is 11.4 Å². The molecule has 38 heavy (non-hydrogen) atoms. The molecule has 1 aliphatic rings. The van der Waals surface area contributed by atoms with Crippen molar-refractivity contribution in [2.45, 2.75) is 12.6 Å². The second kappa shape index (κ2) is 10.7. The lowest BCUT2D eigenvalue weighted by atomic mass is 9.86. The van der Waals surface area contributed by atoms with Crippen molar-refractivity contribution in [3.8, 4) is 5.75 Å². The molecular formula is C30H22Cl2N2O4. The Bertz CT molecular complexity index is 1520. The fraction of sp³-hybridized carbons (Fsp3) is 0.100. The van der Waals surface area contributed by atoms with Gasteiger partial charge in [-0.25, -0.2) is 0 Å². The molecule has 2 N–H and O–H groups in total. The molecule has 0 aliphatic carbocycles. The summed E-state index contributed by atoms with van der Waals surface area (Å²) in [5.41, 5.74) is 8.42. The van der Waals surface area contributed by atoms with E-state index in [2.05, 4.69) is 0 Å². The van der Waals surface area contributed by atoms with Gasteiger partial charge in [-0.2, -0.15) is 0 Å². The van der Waals surface area contributed by atoms with Crippen molar-refractivity contribution >= 4 is 52.1 Å². The molecule has 0 saturated carbocycles. The van der Waals surface area contributed by atoms with Crippen LogP contribution in [0.2, 0.25) is 10.0 Å². The first-order chi connectivity index (χ1) is 18.3. The number of amides is 1. The van der Waals surface area contributed by atoms with Crippen molar-refractivity contribution < 1.29 is 19.1 Å². The number of ketones is 2. The van der Waals surface area contributed by atoms with Crippen molar-refractivity contribution in [1.82, 2.24) is 0 Å². The summed E-state index contributed by atoms with van der Waals surface area (Å²) in [5.74, 6) is -2.96. The summed E-state index contributed by atoms with van der Waals surface area (Å²) in [4.78, 5) is 41.6. The highest BCUT2D eigenvalue weighted by atomic mass is 35.5. The molecular weight excluding hydrogens is 523 g/mol. The van der Waals surface area contributed by atoms with Gasteiger partial charge in [-0.05, 0) is 53.6 Å². The van der Waals surface area contributed by atoms with Crippen molar-refractivity contribution in [3.05, 3.63) is 124 Å². The Balaban J connectivity index is 1.52. The van der Waals surface area contributed by atoms with Crippen molar-refractivity contribution in [2.75, 3.05) is 10.6 Å². The summed E-state index contributed by atoms with van der Waals surface area (Å²) in [6.45, 7) is 0.311. The first kappa shape index (κ1) is 25.5. The molecule has 1 fully saturated rings. The van der Waals surface area contributed by atoms with E-state index in [9.17, 15) is 14.4 Å². The molecule has 1 saturated heterocycles. The number of nitrogens with zero attached hydrogens (tertiary/aromatic N) is 1. The Labute approximate surface area is 229 Å². The van der Waals surface area contributed by atoms with Gasteiger partial charge in [0.1, 0.15) is 18.3 Å². The molecule has 8 heteroatoms. The van der Waals surface area contributed by atoms with Gasteiger partial charge in [0.05, 0.1) is 11.1 Å². The van der Waals surface area contributed by atoms with E-state index in [1.165, 1.54) is 11.0 Å². The number of nitrogens with two attached hydrogens (primary N) is 1. The van der Waals surface area contributed by atoms with Crippen LogP contribution in [0.25, 0.3) is 0 Å². The Morgan fingerprint density at radius 1 is 0.868 bits per heavy atom. The molecule has 190 valence electrons. The van der Waals surface area contributed by atoms with Crippen LogP contribution >= 0.6 is 23.2 Å². The summed E-state index contributed by atoms with van der Waals surface area (Å²) in [6, 6.07) is 26.6. The van der Waals surface area contributed by atoms with E-state index in [1.807, 2.05) is 30.3 Å². The number of nitrogen functional groups attached to an aromatic ring is 1. The highest BCUT2D eigenvalue weighted by Gasteiger charge is 2.52. The van der Waals surface area contributed by atoms with E-state index >= 15 is 0 Å². The van der Waals surface area contributed by atoms with Gasteiger partial charge in [-0.3, -0.25) is 19.3 Å². The van der Waals surface area contributed by atoms with Crippen molar-refractivity contribution in [3.63, 3.8) is 0 Å². The Morgan fingerprint density at radius 2 is 1.61 bits per heavy atom. The van der Waals surface area contributed by atoms with Gasteiger partial charge >= 0.3 is 0 Å². The fourth-order valence-electron chi connectivity index (χ4n) is 4.58. The number of carbonyl (C=O) groups excluding carboxylic acids is 3. The third-order valence-electron chi connectivity index (χ3n) is 6.40. The lowest BCUT2D eigenvalue weighted by molar-refractivity contribution is -0.135. The average Bonchev–Trinajstić information content (AvgIpc) is 3.18. The van der Waals surface area contributed by atoms with Crippen LogP contribution in [0, 0.1) is 5.92 Å². The van der Waals surface area contributed by atoms with Crippen LogP contribution in [0.5, 0.6) is 5.75 Å². The summed E-state index contributed by atoms with van der Waals surface area (Å²) < 4.78 is 5.86. The van der Waals surface area contributed by atoms with Crippen LogP contribution in [-0.2, 0) is 16.2 Å². The Kier molecular flexibility index (Phi) is 7.18. The smallest absolute Gasteiger partial charge is 0.295 e. The maximum absolute atomic E-state index is 13.6. The number of anilines is 2. The monoisotopic (exact) mass is 544 g/mol. The predicted molar refractivity (Wildman–Crippen MR) is 148 cm³/mol. The number of carbonyl (C=O) groups is 3. The number of rotatable bonds is 7. The molecule has 5 rings (SSSR count). The molecule has 2 atom stereocenters. The predicted octanol–water partition coefficient (Wildman–Crippen LogP) is 6.31. The maximum Gasteiger partial charge on any atom is 0.295 e. The number of halogens is 2. The molecule has 0 aromatic heterocycles. The van der Waals surface area contributed by atoms with Crippen molar-refractivity contribution in [1.29, 1.82) is 0 Å². The van der Waals surface area contributed by atoms with Crippen LogP contribution in [0.1, 0.15) is 27.5 Å². The zero-order valence-electron chi connectivity index (χ0n) is 20.0. The molecule has 4 aromatic rings. The number of benzene rings is 4. The molecule has 6 nitrogen and oxygen atoms in total. The van der Waals surface area contributed by atoms with Gasteiger partial charge in [0.15, 0.2) is 5.78 Å². The van der Waals surface area contributed by atoms with Gasteiger partial charge < -0.3 is 10.5 Å². The molecule has 4 aromatic carbocycles. The van der Waals surface area contributed by atoms with Crippen LogP contribution in [-0.4, -0.2) is 17.5 Å². The number of hydrogen-bond acceptors (Lipinski definition) is 5. The largest absolute Gasteiger partial charge is 0.487 e. The summed E-state index contributed by atoms with van der Waals surface area (Å²) in [5, 5.41) is 0.747. The average molecular weight is 545 g/mol. The summed E-state index contributed by atoms with van der Waals surface area (Å²) in [7, 11) is 0. The SMILES string of the molecule is Nc1cccc(C(=O)C2C(=O)C(=O)N(c3ccc(OCc4ccccc4)c(Cl)c3)C2c2ccc(Cl)cc2)c1. The maximum atomic E-state index is 13.6. The first-order valence-electron chi connectivity index (χ1n) is 11.8. The van der Waals surface area contributed by atoms with E-state index in [4.69, 9.17) is 33.7 Å². The molecule has 2 unspecified atom stereocenters. The van der Waals surface area contributed by atoms with E-state index in [-0.39, 0.29) is 10.6 Å². The minimum atomic E-state index is -1.28. The van der Waals surface area contributed by atoms with Gasteiger partial charge in [0.2, 0.25) is 5.78 Å². The number of ether oxygens (including phenoxy) is 1. The third kappa shape index (κ3) is 5.01. The quantitative estimate of drug-likeness (QED) is 0.127. The Hall–Kier alpha value is -4.13. The van der Waals surface area contributed by atoms with E-state index in [0.717, 1.165) is 5.56 Å². The molecule has 0 bridgehead atoms. The molecule has 1 heterocycles. The first-order valence-corrected chi connectivity index (χ1v) is 12.6. The topological polar surface area (TPSA) is 89.7 Å². The lowest BCUT2D eigenvalue weighted by Crippen LogP contribution is -2.30. The molecule has 0 radical (unpaired) electrons. The van der Waals surface area contributed by atoms with E-state index in [0.29, 0.717) is 34.3 Å². The summed E-state index contributed by atoms with van der Waals surface area (Å²) in [6.07, 6.45) is 0. The van der Waals surface area contributed by atoms with Crippen LogP contribution in [0.15, 0.2) is 97.1 Å². The molecule has 1 aliphatic heterocycles. The zero-order chi connectivity index (χ0) is 26.8. The van der Waals surface area contributed by atoms with E-state index in [1.54, 1.807) is 60.7 Å². The highest BCUT2D eigenvalue weighted by Crippen LogP contribution is 2.43. The second-order valence-electron chi connectivity index (χ2n) is 8.89. The van der Waals surface area contributed by atoms with Crippen molar-refractivity contribution in [2.24, 2.45) is 5.92 Å². The molecule has 0 spiro atoms.